The van der Waals surface area contributed by atoms with Crippen LogP contribution in [0.2, 0.25) is 0 Å². The lowest BCUT2D eigenvalue weighted by Gasteiger charge is -2.08. The molecule has 0 fully saturated rings. The van der Waals surface area contributed by atoms with E-state index >= 15 is 0 Å². The highest BCUT2D eigenvalue weighted by Gasteiger charge is 2.09. The molecular formula is C14H12N2O4. The van der Waals surface area contributed by atoms with E-state index in [1.165, 1.54) is 13.2 Å². The van der Waals surface area contributed by atoms with Gasteiger partial charge in [-0.2, -0.15) is 0 Å². The van der Waals surface area contributed by atoms with Gasteiger partial charge >= 0.3 is 0 Å². The fourth-order valence-corrected chi connectivity index (χ4v) is 1.91. The van der Waals surface area contributed by atoms with Crippen LogP contribution in [0.1, 0.15) is 5.56 Å². The number of rotatable bonds is 5. The first-order valence-electron chi connectivity index (χ1n) is 5.82. The van der Waals surface area contributed by atoms with Crippen LogP contribution in [0, 0.1) is 9.81 Å². The molecule has 0 amide bonds. The highest BCUT2D eigenvalue weighted by Crippen LogP contribution is 2.34. The van der Waals surface area contributed by atoms with Crippen LogP contribution in [0.25, 0.3) is 11.1 Å². The van der Waals surface area contributed by atoms with Crippen LogP contribution in [-0.2, 0) is 6.61 Å². The monoisotopic (exact) mass is 272 g/mol. The van der Waals surface area contributed by atoms with Crippen molar-refractivity contribution in [2.75, 3.05) is 7.11 Å². The van der Waals surface area contributed by atoms with Gasteiger partial charge in [0.25, 0.3) is 0 Å². The van der Waals surface area contributed by atoms with Crippen molar-refractivity contribution in [2.45, 2.75) is 6.61 Å². The molecule has 0 atom stereocenters. The molecule has 2 rings (SSSR count). The van der Waals surface area contributed by atoms with Gasteiger partial charge in [-0.3, -0.25) is 0 Å². The Hall–Kier alpha value is -2.60. The van der Waals surface area contributed by atoms with Crippen molar-refractivity contribution in [1.29, 1.82) is 0 Å². The molecule has 6 nitrogen and oxygen atoms in total. The molecule has 0 saturated carbocycles. The molecular weight excluding hydrogens is 260 g/mol. The average molecular weight is 272 g/mol. The zero-order valence-corrected chi connectivity index (χ0v) is 10.7. The Bertz CT molecular complexity index is 598. The Morgan fingerprint density at radius 2 is 1.60 bits per heavy atom. The van der Waals surface area contributed by atoms with E-state index in [1.807, 2.05) is 0 Å². The summed E-state index contributed by atoms with van der Waals surface area (Å²) in [6, 6.07) is 9.83. The maximum Gasteiger partial charge on any atom is 0.149 e. The quantitative estimate of drug-likeness (QED) is 0.841. The zero-order chi connectivity index (χ0) is 14.5. The lowest BCUT2D eigenvalue weighted by molar-refractivity contribution is 0.282. The van der Waals surface area contributed by atoms with Gasteiger partial charge in [-0.15, -0.1) is 9.81 Å². The highest BCUT2D eigenvalue weighted by atomic mass is 16.5. The van der Waals surface area contributed by atoms with Gasteiger partial charge in [-0.25, -0.2) is 0 Å². The van der Waals surface area contributed by atoms with Gasteiger partial charge in [0.2, 0.25) is 0 Å². The van der Waals surface area contributed by atoms with Gasteiger partial charge in [-0.1, -0.05) is 12.1 Å². The van der Waals surface area contributed by atoms with Crippen molar-refractivity contribution in [2.24, 2.45) is 10.4 Å². The predicted octanol–water partition coefficient (Wildman–Crippen LogP) is 3.65. The number of hydrogen-bond donors (Lipinski definition) is 1. The van der Waals surface area contributed by atoms with Crippen molar-refractivity contribution >= 4 is 11.4 Å². The molecule has 0 aliphatic heterocycles. The summed E-state index contributed by atoms with van der Waals surface area (Å²) in [6.07, 6.45) is 0. The lowest BCUT2D eigenvalue weighted by atomic mass is 10.0. The third kappa shape index (κ3) is 2.55. The molecule has 1 N–H and O–H groups in total. The molecule has 2 aromatic rings. The van der Waals surface area contributed by atoms with Crippen molar-refractivity contribution in [3.8, 4) is 16.9 Å². The molecule has 20 heavy (non-hydrogen) atoms. The van der Waals surface area contributed by atoms with Gasteiger partial charge in [0, 0.05) is 5.56 Å². The van der Waals surface area contributed by atoms with Gasteiger partial charge < -0.3 is 9.84 Å². The summed E-state index contributed by atoms with van der Waals surface area (Å²) in [6.45, 7) is -0.278. The molecule has 2 aromatic carbocycles. The molecule has 0 bridgehead atoms. The fraction of sp³-hybridized carbons (Fsp3) is 0.143. The van der Waals surface area contributed by atoms with Crippen molar-refractivity contribution in [3.63, 3.8) is 0 Å². The SMILES string of the molecule is COc1cc(-c2ccc(N=O)c(CO)c2)ccc1N=O. The van der Waals surface area contributed by atoms with Crippen LogP contribution in [0.4, 0.5) is 11.4 Å². The maximum absolute atomic E-state index is 10.6. The number of benzene rings is 2. The second-order valence-electron chi connectivity index (χ2n) is 4.07. The lowest BCUT2D eigenvalue weighted by Crippen LogP contribution is -1.88. The second kappa shape index (κ2) is 6.03. The van der Waals surface area contributed by atoms with E-state index in [0.717, 1.165) is 11.1 Å². The number of nitrogens with zero attached hydrogens (tertiary/aromatic N) is 2. The Balaban J connectivity index is 2.51. The third-order valence-corrected chi connectivity index (χ3v) is 2.96. The topological polar surface area (TPSA) is 88.3 Å². The summed E-state index contributed by atoms with van der Waals surface area (Å²) in [5, 5.41) is 14.9. The minimum absolute atomic E-state index is 0.203. The summed E-state index contributed by atoms with van der Waals surface area (Å²) >= 11 is 0. The van der Waals surface area contributed by atoms with E-state index in [2.05, 4.69) is 10.4 Å². The molecule has 0 aliphatic carbocycles. The van der Waals surface area contributed by atoms with E-state index in [1.54, 1.807) is 30.3 Å². The normalized spacial score (nSPS) is 10.1. The van der Waals surface area contributed by atoms with Gasteiger partial charge in [0.05, 0.1) is 13.7 Å². The minimum atomic E-state index is -0.278. The smallest absolute Gasteiger partial charge is 0.149 e. The number of aliphatic hydroxyl groups is 1. The molecule has 0 unspecified atom stereocenters. The first kappa shape index (κ1) is 13.8. The van der Waals surface area contributed by atoms with Crippen LogP contribution in [0.5, 0.6) is 5.75 Å². The summed E-state index contributed by atoms with van der Waals surface area (Å²) in [5.41, 5.74) is 2.41. The molecule has 0 aliphatic rings. The number of ether oxygens (including phenoxy) is 1. The summed E-state index contributed by atoms with van der Waals surface area (Å²) in [5.74, 6) is 0.362. The molecule has 0 radical (unpaired) electrons. The van der Waals surface area contributed by atoms with Crippen molar-refractivity contribution in [3.05, 3.63) is 51.8 Å². The van der Waals surface area contributed by atoms with Crippen molar-refractivity contribution in [1.82, 2.24) is 0 Å². The van der Waals surface area contributed by atoms with E-state index < -0.39 is 0 Å². The van der Waals surface area contributed by atoms with E-state index in [0.29, 0.717) is 11.3 Å². The Morgan fingerprint density at radius 1 is 1.00 bits per heavy atom. The fourth-order valence-electron chi connectivity index (χ4n) is 1.91. The Morgan fingerprint density at radius 3 is 2.15 bits per heavy atom. The molecule has 0 spiro atoms. The predicted molar refractivity (Wildman–Crippen MR) is 75.3 cm³/mol. The first-order valence-corrected chi connectivity index (χ1v) is 5.82. The minimum Gasteiger partial charge on any atom is -0.494 e. The van der Waals surface area contributed by atoms with Crippen LogP contribution in [0.15, 0.2) is 46.8 Å². The van der Waals surface area contributed by atoms with E-state index in [4.69, 9.17) is 4.74 Å². The van der Waals surface area contributed by atoms with Crippen molar-refractivity contribution < 1.29 is 9.84 Å². The van der Waals surface area contributed by atoms with Crippen LogP contribution < -0.4 is 4.74 Å². The zero-order valence-electron chi connectivity index (χ0n) is 10.7. The maximum atomic E-state index is 10.6. The molecule has 0 aromatic heterocycles. The summed E-state index contributed by atoms with van der Waals surface area (Å²) < 4.78 is 5.09. The molecule has 6 heteroatoms. The summed E-state index contributed by atoms with van der Waals surface area (Å²) in [4.78, 5) is 21.2. The Labute approximate surface area is 115 Å². The van der Waals surface area contributed by atoms with E-state index in [9.17, 15) is 14.9 Å². The van der Waals surface area contributed by atoms with Crippen LogP contribution >= 0.6 is 0 Å². The number of hydrogen-bond acceptors (Lipinski definition) is 6. The number of nitroso groups, excluding NO2 is 2. The molecule has 102 valence electrons. The summed E-state index contributed by atoms with van der Waals surface area (Å²) in [7, 11) is 1.45. The van der Waals surface area contributed by atoms with Gasteiger partial charge in [-0.05, 0) is 45.7 Å². The van der Waals surface area contributed by atoms with Gasteiger partial charge in [0.15, 0.2) is 0 Å². The van der Waals surface area contributed by atoms with E-state index in [-0.39, 0.29) is 18.0 Å². The number of methoxy groups -OCH3 is 1. The Kier molecular flexibility index (Phi) is 4.17. The second-order valence-corrected chi connectivity index (χ2v) is 4.07. The molecule has 0 saturated heterocycles. The number of aliphatic hydroxyl groups excluding tert-OH is 1. The standard InChI is InChI=1S/C14H12N2O4/c1-20-14-7-10(3-5-13(14)16-19)9-2-4-12(15-18)11(6-9)8-17/h2-7,17H,8H2,1H3. The molecule has 0 heterocycles. The van der Waals surface area contributed by atoms with Gasteiger partial charge in [0.1, 0.15) is 17.1 Å². The average Bonchev–Trinajstić information content (AvgIpc) is 2.53. The largest absolute Gasteiger partial charge is 0.494 e. The highest BCUT2D eigenvalue weighted by molar-refractivity contribution is 5.72. The third-order valence-electron chi connectivity index (χ3n) is 2.96. The van der Waals surface area contributed by atoms with Crippen LogP contribution in [0.3, 0.4) is 0 Å². The van der Waals surface area contributed by atoms with Crippen LogP contribution in [-0.4, -0.2) is 12.2 Å². The first-order chi connectivity index (χ1) is 9.73.